The van der Waals surface area contributed by atoms with Crippen LogP contribution in [0.4, 0.5) is 0 Å². The minimum absolute atomic E-state index is 0.719. The van der Waals surface area contributed by atoms with Gasteiger partial charge in [0.1, 0.15) is 0 Å². The summed E-state index contributed by atoms with van der Waals surface area (Å²) < 4.78 is 1.29. The lowest BCUT2D eigenvalue weighted by molar-refractivity contribution is 0.762. The van der Waals surface area contributed by atoms with Crippen molar-refractivity contribution in [3.05, 3.63) is 28.2 Å². The van der Waals surface area contributed by atoms with E-state index in [1.54, 1.807) is 0 Å². The summed E-state index contributed by atoms with van der Waals surface area (Å²) in [6, 6.07) is 6.93. The van der Waals surface area contributed by atoms with Crippen LogP contribution in [-0.2, 0) is 0 Å². The van der Waals surface area contributed by atoms with Gasteiger partial charge in [0.15, 0.2) is 0 Å². The normalized spacial score (nSPS) is 24.9. The van der Waals surface area contributed by atoms with E-state index in [0.29, 0.717) is 0 Å². The molecule has 1 atom stereocenters. The summed E-state index contributed by atoms with van der Waals surface area (Å²) in [7, 11) is 0. The number of nitrogens with one attached hydrogen (secondary N) is 1. The summed E-state index contributed by atoms with van der Waals surface area (Å²) >= 11 is 5.73. The van der Waals surface area contributed by atoms with Crippen molar-refractivity contribution in [2.24, 2.45) is 0 Å². The Morgan fingerprint density at radius 2 is 2.12 bits per heavy atom. The van der Waals surface area contributed by atoms with Gasteiger partial charge in [0.2, 0.25) is 0 Å². The molecule has 0 spiro atoms. The first-order chi connectivity index (χ1) is 7.83. The number of hydrogen-bond donors (Lipinski definition) is 1. The Hall–Kier alpha value is 0.01000. The molecule has 2 fully saturated rings. The van der Waals surface area contributed by atoms with Crippen LogP contribution in [0.5, 0.6) is 0 Å². The zero-order valence-corrected chi connectivity index (χ0v) is 11.6. The second-order valence-corrected chi connectivity index (χ2v) is 6.89. The molecule has 1 unspecified atom stereocenters. The fourth-order valence-corrected chi connectivity index (χ4v) is 3.90. The summed E-state index contributed by atoms with van der Waals surface area (Å²) in [6.07, 6.45) is 4.07. The minimum Gasteiger partial charge on any atom is -0.316 e. The number of hydrogen-bond acceptors (Lipinski definition) is 2. The highest BCUT2D eigenvalue weighted by Crippen LogP contribution is 2.42. The summed E-state index contributed by atoms with van der Waals surface area (Å²) in [5.74, 6) is 0.719. The Balaban J connectivity index is 1.77. The monoisotopic (exact) mass is 297 g/mol. The highest BCUT2D eigenvalue weighted by atomic mass is 79.9. The van der Waals surface area contributed by atoms with Crippen molar-refractivity contribution in [3.63, 3.8) is 0 Å². The van der Waals surface area contributed by atoms with Crippen LogP contribution in [0, 0.1) is 0 Å². The number of benzene rings is 1. The average molecular weight is 298 g/mol. The number of thioether (sulfide) groups is 1. The lowest BCUT2D eigenvalue weighted by atomic mass is 9.99. The van der Waals surface area contributed by atoms with E-state index < -0.39 is 0 Å². The van der Waals surface area contributed by atoms with Gasteiger partial charge in [-0.2, -0.15) is 0 Å². The molecule has 1 heterocycles. The van der Waals surface area contributed by atoms with Crippen LogP contribution < -0.4 is 5.32 Å². The van der Waals surface area contributed by atoms with Gasteiger partial charge in [0.05, 0.1) is 0 Å². The molecule has 0 amide bonds. The molecule has 1 saturated carbocycles. The zero-order chi connectivity index (χ0) is 11.0. The van der Waals surface area contributed by atoms with Crippen molar-refractivity contribution in [2.45, 2.75) is 35.3 Å². The lowest BCUT2D eigenvalue weighted by Crippen LogP contribution is -2.07. The van der Waals surface area contributed by atoms with Gasteiger partial charge < -0.3 is 5.32 Å². The first kappa shape index (κ1) is 11.1. The Labute approximate surface area is 110 Å². The molecule has 16 heavy (non-hydrogen) atoms. The third-order valence-electron chi connectivity index (χ3n) is 3.31. The Morgan fingerprint density at radius 1 is 1.25 bits per heavy atom. The molecule has 1 aliphatic heterocycles. The van der Waals surface area contributed by atoms with Crippen molar-refractivity contribution < 1.29 is 0 Å². The predicted molar refractivity (Wildman–Crippen MR) is 73.2 cm³/mol. The van der Waals surface area contributed by atoms with Gasteiger partial charge in [-0.15, -0.1) is 11.8 Å². The Kier molecular flexibility index (Phi) is 3.27. The molecular formula is C13H16BrNS. The van der Waals surface area contributed by atoms with Gasteiger partial charge in [0.25, 0.3) is 0 Å². The summed E-state index contributed by atoms with van der Waals surface area (Å²) in [5.41, 5.74) is 1.48. The van der Waals surface area contributed by atoms with Gasteiger partial charge in [-0.1, -0.05) is 6.07 Å². The second-order valence-electron chi connectivity index (χ2n) is 4.70. The first-order valence-electron chi connectivity index (χ1n) is 6.00. The fraction of sp³-hybridized carbons (Fsp3) is 0.538. The third kappa shape index (κ3) is 2.47. The van der Waals surface area contributed by atoms with E-state index in [0.717, 1.165) is 17.7 Å². The highest BCUT2D eigenvalue weighted by Gasteiger charge is 2.24. The Bertz CT molecular complexity index is 384. The Morgan fingerprint density at radius 3 is 2.75 bits per heavy atom. The van der Waals surface area contributed by atoms with Crippen molar-refractivity contribution in [1.29, 1.82) is 0 Å². The zero-order valence-electron chi connectivity index (χ0n) is 9.21. The van der Waals surface area contributed by atoms with Crippen LogP contribution in [0.25, 0.3) is 0 Å². The molecule has 2 aliphatic rings. The smallest absolute Gasteiger partial charge is 0.0314 e. The van der Waals surface area contributed by atoms with E-state index in [2.05, 4.69) is 39.4 Å². The molecule has 3 rings (SSSR count). The second kappa shape index (κ2) is 4.71. The van der Waals surface area contributed by atoms with Gasteiger partial charge in [-0.3, -0.25) is 0 Å². The van der Waals surface area contributed by atoms with Crippen molar-refractivity contribution in [1.82, 2.24) is 5.32 Å². The molecule has 0 radical (unpaired) electrons. The molecule has 1 aromatic rings. The van der Waals surface area contributed by atoms with Crippen LogP contribution in [0.1, 0.15) is 30.7 Å². The number of halogens is 1. The van der Waals surface area contributed by atoms with Gasteiger partial charge in [-0.05, 0) is 65.4 Å². The molecule has 3 heteroatoms. The van der Waals surface area contributed by atoms with Crippen LogP contribution >= 0.6 is 27.7 Å². The molecule has 1 aromatic carbocycles. The molecule has 0 bridgehead atoms. The SMILES string of the molecule is Brc1cc(C2CCNC2)ccc1SC1CC1. The van der Waals surface area contributed by atoms with Gasteiger partial charge in [0, 0.05) is 21.2 Å². The van der Waals surface area contributed by atoms with E-state index in [4.69, 9.17) is 0 Å². The lowest BCUT2D eigenvalue weighted by Gasteiger charge is -2.11. The van der Waals surface area contributed by atoms with E-state index >= 15 is 0 Å². The highest BCUT2D eigenvalue weighted by molar-refractivity contribution is 9.10. The van der Waals surface area contributed by atoms with Crippen LogP contribution in [0.3, 0.4) is 0 Å². The summed E-state index contributed by atoms with van der Waals surface area (Å²) in [4.78, 5) is 1.41. The van der Waals surface area contributed by atoms with Crippen molar-refractivity contribution >= 4 is 27.7 Å². The minimum atomic E-state index is 0.719. The van der Waals surface area contributed by atoms with Crippen LogP contribution in [-0.4, -0.2) is 18.3 Å². The largest absolute Gasteiger partial charge is 0.316 e. The predicted octanol–water partition coefficient (Wildman–Crippen LogP) is 3.78. The van der Waals surface area contributed by atoms with Gasteiger partial charge in [-0.25, -0.2) is 0 Å². The van der Waals surface area contributed by atoms with Gasteiger partial charge >= 0.3 is 0 Å². The average Bonchev–Trinajstić information content (AvgIpc) is 2.94. The van der Waals surface area contributed by atoms with Crippen molar-refractivity contribution in [2.75, 3.05) is 13.1 Å². The van der Waals surface area contributed by atoms with E-state index in [1.807, 2.05) is 11.8 Å². The molecular weight excluding hydrogens is 282 g/mol. The molecule has 1 saturated heterocycles. The maximum atomic E-state index is 3.71. The summed E-state index contributed by atoms with van der Waals surface area (Å²) in [6.45, 7) is 2.31. The molecule has 1 N–H and O–H groups in total. The topological polar surface area (TPSA) is 12.0 Å². The maximum Gasteiger partial charge on any atom is 0.0314 e. The molecule has 0 aromatic heterocycles. The maximum absolute atomic E-state index is 3.71. The number of rotatable bonds is 3. The van der Waals surface area contributed by atoms with E-state index in [1.165, 1.54) is 40.7 Å². The van der Waals surface area contributed by atoms with Crippen molar-refractivity contribution in [3.8, 4) is 0 Å². The van der Waals surface area contributed by atoms with Crippen LogP contribution in [0.2, 0.25) is 0 Å². The van der Waals surface area contributed by atoms with Crippen LogP contribution in [0.15, 0.2) is 27.6 Å². The summed E-state index contributed by atoms with van der Waals surface area (Å²) in [5, 5.41) is 4.31. The standard InChI is InChI=1S/C13H16BrNS/c14-12-7-9(10-5-6-15-8-10)1-4-13(12)16-11-2-3-11/h1,4,7,10-11,15H,2-3,5-6,8H2. The molecule has 1 aliphatic carbocycles. The van der Waals surface area contributed by atoms with E-state index in [-0.39, 0.29) is 0 Å². The quantitative estimate of drug-likeness (QED) is 0.911. The first-order valence-corrected chi connectivity index (χ1v) is 7.67. The molecule has 1 nitrogen and oxygen atoms in total. The third-order valence-corrected chi connectivity index (χ3v) is 5.64. The molecule has 86 valence electrons. The van der Waals surface area contributed by atoms with E-state index in [9.17, 15) is 0 Å². The fourth-order valence-electron chi connectivity index (χ4n) is 2.17.